The number of ether oxygens (including phenoxy) is 1. The Balaban J connectivity index is 1.29. The van der Waals surface area contributed by atoms with Crippen molar-refractivity contribution in [2.45, 2.75) is 20.3 Å². The van der Waals surface area contributed by atoms with Crippen molar-refractivity contribution in [1.82, 2.24) is 20.5 Å². The van der Waals surface area contributed by atoms with E-state index in [1.54, 1.807) is 6.92 Å². The van der Waals surface area contributed by atoms with Crippen molar-refractivity contribution < 1.29 is 14.2 Å². The van der Waals surface area contributed by atoms with E-state index in [1.165, 1.54) is 11.3 Å². The first-order chi connectivity index (χ1) is 13.1. The van der Waals surface area contributed by atoms with Gasteiger partial charge in [-0.2, -0.15) is 0 Å². The summed E-state index contributed by atoms with van der Waals surface area (Å²) in [7, 11) is 0. The minimum atomic E-state index is 0.0368. The average molecular weight is 373 g/mol. The van der Waals surface area contributed by atoms with Crippen molar-refractivity contribution in [2.75, 3.05) is 50.8 Å². The molecule has 2 aromatic rings. The number of aryl methyl sites for hydroxylation is 2. The lowest BCUT2D eigenvalue weighted by Crippen LogP contribution is -2.47. The molecule has 1 aliphatic heterocycles. The smallest absolute Gasteiger partial charge is 0.278 e. The van der Waals surface area contributed by atoms with Gasteiger partial charge in [-0.3, -0.25) is 9.69 Å². The molecule has 2 heterocycles. The van der Waals surface area contributed by atoms with Gasteiger partial charge in [-0.25, -0.2) is 4.63 Å². The van der Waals surface area contributed by atoms with Crippen LogP contribution in [0.1, 0.15) is 17.7 Å². The van der Waals surface area contributed by atoms with Crippen molar-refractivity contribution in [3.63, 3.8) is 0 Å². The van der Waals surface area contributed by atoms with Gasteiger partial charge >= 0.3 is 0 Å². The van der Waals surface area contributed by atoms with Gasteiger partial charge in [0.15, 0.2) is 0 Å². The number of hydrogen-bond acceptors (Lipinski definition) is 7. The van der Waals surface area contributed by atoms with Gasteiger partial charge in [0.05, 0.1) is 6.54 Å². The summed E-state index contributed by atoms with van der Waals surface area (Å²) in [5, 5.41) is 10.1. The Bertz CT molecular complexity index is 740. The number of nitrogens with one attached hydrogen (secondary N) is 1. The number of nitrogens with zero attached hydrogens (tertiary/aromatic N) is 4. The summed E-state index contributed by atoms with van der Waals surface area (Å²) >= 11 is 0. The lowest BCUT2D eigenvalue weighted by Gasteiger charge is -2.36. The maximum atomic E-state index is 12.0. The third-order valence-electron chi connectivity index (χ3n) is 4.67. The fourth-order valence-corrected chi connectivity index (χ4v) is 3.10. The zero-order valence-electron chi connectivity index (χ0n) is 16.0. The molecule has 1 saturated heterocycles. The van der Waals surface area contributed by atoms with E-state index in [0.29, 0.717) is 31.1 Å². The van der Waals surface area contributed by atoms with Crippen molar-refractivity contribution >= 4 is 11.6 Å². The molecule has 3 rings (SSSR count). The Morgan fingerprint density at radius 2 is 2.04 bits per heavy atom. The summed E-state index contributed by atoms with van der Waals surface area (Å²) in [5.74, 6) is 0.408. The molecule has 0 saturated carbocycles. The number of aromatic nitrogens is 2. The second-order valence-corrected chi connectivity index (χ2v) is 6.77. The minimum Gasteiger partial charge on any atom is -0.472 e. The molecule has 146 valence electrons. The molecule has 1 N–H and O–H groups in total. The van der Waals surface area contributed by atoms with Crippen LogP contribution in [0.4, 0.5) is 5.69 Å². The number of benzene rings is 1. The van der Waals surface area contributed by atoms with Crippen LogP contribution in [0.25, 0.3) is 0 Å². The van der Waals surface area contributed by atoms with Crippen LogP contribution >= 0.6 is 0 Å². The van der Waals surface area contributed by atoms with E-state index >= 15 is 0 Å². The molecule has 1 aromatic heterocycles. The van der Waals surface area contributed by atoms with Gasteiger partial charge in [0, 0.05) is 44.8 Å². The van der Waals surface area contributed by atoms with E-state index < -0.39 is 0 Å². The fourth-order valence-electron chi connectivity index (χ4n) is 3.10. The van der Waals surface area contributed by atoms with Crippen LogP contribution in [0, 0.1) is 13.8 Å². The van der Waals surface area contributed by atoms with Gasteiger partial charge in [-0.15, -0.1) is 0 Å². The molecular weight excluding hydrogens is 346 g/mol. The molecule has 0 radical (unpaired) electrons. The molecule has 0 spiro atoms. The van der Waals surface area contributed by atoms with E-state index in [1.807, 2.05) is 0 Å². The van der Waals surface area contributed by atoms with Gasteiger partial charge in [-0.05, 0) is 36.7 Å². The minimum absolute atomic E-state index is 0.0368. The Morgan fingerprint density at radius 3 is 2.74 bits per heavy atom. The van der Waals surface area contributed by atoms with Crippen LogP contribution in [-0.2, 0) is 4.79 Å². The van der Waals surface area contributed by atoms with Crippen molar-refractivity contribution in [3.8, 4) is 5.88 Å². The Morgan fingerprint density at radius 1 is 1.22 bits per heavy atom. The second-order valence-electron chi connectivity index (χ2n) is 6.77. The van der Waals surface area contributed by atoms with Crippen molar-refractivity contribution in [2.24, 2.45) is 0 Å². The monoisotopic (exact) mass is 373 g/mol. The highest BCUT2D eigenvalue weighted by atomic mass is 16.6. The van der Waals surface area contributed by atoms with Gasteiger partial charge in [0.25, 0.3) is 5.88 Å². The second kappa shape index (κ2) is 9.36. The van der Waals surface area contributed by atoms with E-state index in [2.05, 4.69) is 61.2 Å². The maximum Gasteiger partial charge on any atom is 0.278 e. The van der Waals surface area contributed by atoms with Crippen molar-refractivity contribution in [1.29, 1.82) is 0 Å². The Kier molecular flexibility index (Phi) is 6.64. The third-order valence-corrected chi connectivity index (χ3v) is 4.67. The van der Waals surface area contributed by atoms with E-state index in [-0.39, 0.29) is 5.91 Å². The molecule has 1 amide bonds. The highest BCUT2D eigenvalue weighted by Crippen LogP contribution is 2.17. The van der Waals surface area contributed by atoms with Crippen molar-refractivity contribution in [3.05, 3.63) is 35.5 Å². The van der Waals surface area contributed by atoms with Gasteiger partial charge in [-0.1, -0.05) is 17.3 Å². The number of rotatable bonds is 8. The lowest BCUT2D eigenvalue weighted by atomic mass is 10.2. The first-order valence-corrected chi connectivity index (χ1v) is 9.34. The first kappa shape index (κ1) is 19.2. The number of carbonyl (C=O) groups is 1. The Labute approximate surface area is 159 Å². The summed E-state index contributed by atoms with van der Waals surface area (Å²) in [6.07, 6.45) is 0.495. The van der Waals surface area contributed by atoms with Crippen LogP contribution in [0.3, 0.4) is 0 Å². The number of carbonyl (C=O) groups excluding carboxylic acids is 1. The summed E-state index contributed by atoms with van der Waals surface area (Å²) < 4.78 is 9.94. The molecule has 1 aliphatic rings. The number of hydrogen-bond donors (Lipinski definition) is 1. The van der Waals surface area contributed by atoms with E-state index in [0.717, 1.165) is 32.7 Å². The Hall–Kier alpha value is -2.61. The first-order valence-electron chi connectivity index (χ1n) is 9.34. The topological polar surface area (TPSA) is 83.7 Å². The molecule has 0 atom stereocenters. The zero-order chi connectivity index (χ0) is 19.1. The van der Waals surface area contributed by atoms with Crippen LogP contribution in [0.5, 0.6) is 5.88 Å². The maximum absolute atomic E-state index is 12.0. The zero-order valence-corrected chi connectivity index (χ0v) is 16.0. The average Bonchev–Trinajstić information content (AvgIpc) is 3.09. The molecule has 8 nitrogen and oxygen atoms in total. The highest BCUT2D eigenvalue weighted by molar-refractivity contribution is 5.76. The number of piperazine rings is 1. The highest BCUT2D eigenvalue weighted by Gasteiger charge is 2.17. The molecule has 1 aromatic carbocycles. The third kappa shape index (κ3) is 5.68. The van der Waals surface area contributed by atoms with E-state index in [4.69, 9.17) is 4.74 Å². The van der Waals surface area contributed by atoms with Gasteiger partial charge < -0.3 is 15.0 Å². The summed E-state index contributed by atoms with van der Waals surface area (Å²) in [4.78, 5) is 16.7. The number of amides is 1. The lowest BCUT2D eigenvalue weighted by molar-refractivity contribution is -0.121. The largest absolute Gasteiger partial charge is 0.472 e. The van der Waals surface area contributed by atoms with Gasteiger partial charge in [0.2, 0.25) is 5.91 Å². The predicted molar refractivity (Wildman–Crippen MR) is 102 cm³/mol. The van der Waals surface area contributed by atoms with Crippen LogP contribution < -0.4 is 15.0 Å². The van der Waals surface area contributed by atoms with Crippen LogP contribution in [-0.4, -0.2) is 67.0 Å². The standard InChI is InChI=1S/C19H27N5O3/c1-15-4-3-5-17(14-15)24-11-9-23(10-12-24)8-6-18(25)20-7-13-26-19-16(2)21-27-22-19/h3-5,14H,6-13H2,1-2H3,(H,20,25). The summed E-state index contributed by atoms with van der Waals surface area (Å²) in [6, 6.07) is 8.61. The normalized spacial score (nSPS) is 15.0. The summed E-state index contributed by atoms with van der Waals surface area (Å²) in [6.45, 7) is 9.36. The van der Waals surface area contributed by atoms with Crippen LogP contribution in [0.15, 0.2) is 28.9 Å². The molecule has 8 heteroatoms. The van der Waals surface area contributed by atoms with Gasteiger partial charge in [0.1, 0.15) is 12.3 Å². The number of anilines is 1. The summed E-state index contributed by atoms with van der Waals surface area (Å²) in [5.41, 5.74) is 3.17. The molecule has 1 fully saturated rings. The SMILES string of the molecule is Cc1cccc(N2CCN(CCC(=O)NCCOc3nonc3C)CC2)c1. The molecule has 0 bridgehead atoms. The van der Waals surface area contributed by atoms with Crippen LogP contribution in [0.2, 0.25) is 0 Å². The molecule has 0 aliphatic carbocycles. The quantitative estimate of drug-likeness (QED) is 0.700. The molecular formula is C19H27N5O3. The van der Waals surface area contributed by atoms with E-state index in [9.17, 15) is 4.79 Å². The predicted octanol–water partition coefficient (Wildman–Crippen LogP) is 1.39. The molecule has 0 unspecified atom stereocenters. The fraction of sp³-hybridized carbons (Fsp3) is 0.526. The molecule has 27 heavy (non-hydrogen) atoms.